The normalized spacial score (nSPS) is 26.2. The van der Waals surface area contributed by atoms with Crippen LogP contribution in [0, 0.1) is 0 Å². The van der Waals surface area contributed by atoms with Crippen LogP contribution in [-0.4, -0.2) is 23.8 Å². The van der Waals surface area contributed by atoms with Crippen LogP contribution in [0.4, 0.5) is 0 Å². The minimum atomic E-state index is -0.309. The van der Waals surface area contributed by atoms with Gasteiger partial charge in [-0.3, -0.25) is 0 Å². The summed E-state index contributed by atoms with van der Waals surface area (Å²) in [6.07, 6.45) is -0.309. The van der Waals surface area contributed by atoms with E-state index in [-0.39, 0.29) is 16.1 Å². The number of aliphatic hydroxyl groups is 1. The molecular weight excluding hydrogens is 247 g/mol. The number of hydrogen-bond acceptors (Lipinski definition) is 3. The molecule has 1 heterocycles. The maximum atomic E-state index is 10.2. The van der Waals surface area contributed by atoms with Crippen LogP contribution in [0.25, 0.3) is 0 Å². The summed E-state index contributed by atoms with van der Waals surface area (Å²) in [6.45, 7) is 8.15. The summed E-state index contributed by atoms with van der Waals surface area (Å²) in [4.78, 5) is 0. The van der Waals surface area contributed by atoms with E-state index in [0.29, 0.717) is 0 Å². The molecule has 1 aromatic carbocycles. The highest BCUT2D eigenvalue weighted by Crippen LogP contribution is 2.57. The van der Waals surface area contributed by atoms with Crippen LogP contribution in [-0.2, 0) is 0 Å². The molecule has 2 radical (unpaired) electrons. The fourth-order valence-electron chi connectivity index (χ4n) is 1.57. The zero-order chi connectivity index (χ0) is 13.1. The molecule has 1 aromatic rings. The Hall–Kier alpha value is -0.0551. The van der Waals surface area contributed by atoms with Crippen molar-refractivity contribution < 1.29 is 5.11 Å². The van der Waals surface area contributed by atoms with E-state index in [4.69, 9.17) is 7.85 Å². The van der Waals surface area contributed by atoms with E-state index < -0.39 is 0 Å². The predicted octanol–water partition coefficient (Wildman–Crippen LogP) is 3.08. The van der Waals surface area contributed by atoms with Gasteiger partial charge in [0.05, 0.1) is 11.4 Å². The topological polar surface area (TPSA) is 20.2 Å². The molecule has 0 saturated carbocycles. The molecule has 1 saturated heterocycles. The standard InChI is InChI=1S/C11H13BOS2.C2H6/c1-11(2)10(13)9(14-15-11)7-3-5-8(12)6-4-7;1-2/h3-6,9-10,13H,1-2H3;1-2H3. The highest BCUT2D eigenvalue weighted by Gasteiger charge is 2.43. The Labute approximate surface area is 114 Å². The van der Waals surface area contributed by atoms with E-state index in [1.54, 1.807) is 21.6 Å². The van der Waals surface area contributed by atoms with E-state index in [0.717, 1.165) is 11.0 Å². The quantitative estimate of drug-likeness (QED) is 0.623. The molecular formula is C13H19BOS2. The number of aliphatic hydroxyl groups excluding tert-OH is 1. The highest BCUT2D eigenvalue weighted by atomic mass is 33.1. The average Bonchev–Trinajstić information content (AvgIpc) is 2.59. The van der Waals surface area contributed by atoms with Crippen molar-refractivity contribution in [1.82, 2.24) is 0 Å². The van der Waals surface area contributed by atoms with Gasteiger partial charge >= 0.3 is 0 Å². The van der Waals surface area contributed by atoms with Crippen LogP contribution in [0.15, 0.2) is 24.3 Å². The predicted molar refractivity (Wildman–Crippen MR) is 81.2 cm³/mol. The summed E-state index contributed by atoms with van der Waals surface area (Å²) in [6, 6.07) is 7.77. The summed E-state index contributed by atoms with van der Waals surface area (Å²) >= 11 is 0. The molecule has 1 nitrogen and oxygen atoms in total. The van der Waals surface area contributed by atoms with Crippen molar-refractivity contribution in [2.45, 2.75) is 43.8 Å². The van der Waals surface area contributed by atoms with E-state index in [1.807, 2.05) is 38.1 Å². The summed E-state index contributed by atoms with van der Waals surface area (Å²) in [7, 11) is 9.13. The van der Waals surface area contributed by atoms with Gasteiger partial charge in [0, 0.05) is 4.75 Å². The Morgan fingerprint density at radius 3 is 2.12 bits per heavy atom. The highest BCUT2D eigenvalue weighted by molar-refractivity contribution is 8.77. The Morgan fingerprint density at radius 1 is 1.18 bits per heavy atom. The van der Waals surface area contributed by atoms with Crippen molar-refractivity contribution in [3.8, 4) is 0 Å². The van der Waals surface area contributed by atoms with Gasteiger partial charge in [0.15, 0.2) is 0 Å². The van der Waals surface area contributed by atoms with Crippen LogP contribution in [0.5, 0.6) is 0 Å². The van der Waals surface area contributed by atoms with E-state index >= 15 is 0 Å². The minimum absolute atomic E-state index is 0.0727. The SMILES string of the molecule is CC.[B]c1ccc(C2SSC(C)(C)C2O)cc1. The zero-order valence-electron chi connectivity index (χ0n) is 10.8. The third kappa shape index (κ3) is 3.46. The zero-order valence-corrected chi connectivity index (χ0v) is 12.4. The third-order valence-corrected chi connectivity index (χ3v) is 6.33. The lowest BCUT2D eigenvalue weighted by molar-refractivity contribution is 0.143. The number of rotatable bonds is 1. The maximum absolute atomic E-state index is 10.2. The molecule has 0 aliphatic carbocycles. The fourth-order valence-corrected chi connectivity index (χ4v) is 4.95. The Balaban J connectivity index is 0.000000686. The number of benzene rings is 1. The molecule has 1 aliphatic rings. The van der Waals surface area contributed by atoms with Crippen molar-refractivity contribution >= 4 is 34.9 Å². The second-order valence-corrected chi connectivity index (χ2v) is 7.31. The van der Waals surface area contributed by atoms with Gasteiger partial charge in [-0.2, -0.15) is 0 Å². The van der Waals surface area contributed by atoms with Gasteiger partial charge in [-0.15, -0.1) is 0 Å². The van der Waals surface area contributed by atoms with Crippen molar-refractivity contribution in [2.24, 2.45) is 0 Å². The van der Waals surface area contributed by atoms with Crippen molar-refractivity contribution in [1.29, 1.82) is 0 Å². The first-order chi connectivity index (χ1) is 8.00. The van der Waals surface area contributed by atoms with E-state index in [2.05, 4.69) is 13.8 Å². The van der Waals surface area contributed by atoms with E-state index in [9.17, 15) is 5.11 Å². The third-order valence-electron chi connectivity index (χ3n) is 2.63. The molecule has 1 fully saturated rings. The molecule has 1 N–H and O–H groups in total. The first kappa shape index (κ1) is 15.0. The summed E-state index contributed by atoms with van der Waals surface area (Å²) in [5.74, 6) is 0. The summed E-state index contributed by atoms with van der Waals surface area (Å²) < 4.78 is -0.0727. The minimum Gasteiger partial charge on any atom is -0.390 e. The maximum Gasteiger partial charge on any atom is 0.113 e. The Kier molecular flexibility index (Phi) is 5.48. The summed E-state index contributed by atoms with van der Waals surface area (Å²) in [5, 5.41) is 10.3. The molecule has 0 bridgehead atoms. The van der Waals surface area contributed by atoms with Gasteiger partial charge in [0.2, 0.25) is 0 Å². The van der Waals surface area contributed by atoms with Gasteiger partial charge in [-0.1, -0.05) is 65.2 Å². The lowest BCUT2D eigenvalue weighted by atomic mass is 9.92. The van der Waals surface area contributed by atoms with Crippen LogP contribution >= 0.6 is 21.6 Å². The van der Waals surface area contributed by atoms with Gasteiger partial charge in [-0.05, 0) is 19.4 Å². The Morgan fingerprint density at radius 2 is 1.71 bits per heavy atom. The number of hydrogen-bond donors (Lipinski definition) is 1. The average molecular weight is 266 g/mol. The lowest BCUT2D eigenvalue weighted by Gasteiger charge is -2.23. The first-order valence-electron chi connectivity index (χ1n) is 5.89. The Bertz CT molecular complexity index is 351. The van der Waals surface area contributed by atoms with Gasteiger partial charge in [0.25, 0.3) is 0 Å². The molecule has 2 atom stereocenters. The van der Waals surface area contributed by atoms with Crippen LogP contribution in [0.2, 0.25) is 0 Å². The summed E-state index contributed by atoms with van der Waals surface area (Å²) in [5.41, 5.74) is 1.92. The molecule has 0 aromatic heterocycles. The van der Waals surface area contributed by atoms with E-state index in [1.165, 1.54) is 0 Å². The molecule has 4 heteroatoms. The second kappa shape index (κ2) is 6.21. The second-order valence-electron chi connectivity index (χ2n) is 4.32. The molecule has 2 rings (SSSR count). The monoisotopic (exact) mass is 266 g/mol. The van der Waals surface area contributed by atoms with Crippen molar-refractivity contribution in [2.75, 3.05) is 0 Å². The molecule has 0 spiro atoms. The fraction of sp³-hybridized carbons (Fsp3) is 0.538. The van der Waals surface area contributed by atoms with Crippen molar-refractivity contribution in [3.05, 3.63) is 29.8 Å². The van der Waals surface area contributed by atoms with Gasteiger partial charge < -0.3 is 5.11 Å². The smallest absolute Gasteiger partial charge is 0.113 e. The van der Waals surface area contributed by atoms with Crippen LogP contribution in [0.1, 0.15) is 38.5 Å². The largest absolute Gasteiger partial charge is 0.390 e. The molecule has 17 heavy (non-hydrogen) atoms. The first-order valence-corrected chi connectivity index (χ1v) is 8.10. The van der Waals surface area contributed by atoms with Crippen LogP contribution < -0.4 is 5.46 Å². The van der Waals surface area contributed by atoms with Gasteiger partial charge in [0.1, 0.15) is 7.85 Å². The molecule has 1 aliphatic heterocycles. The lowest BCUT2D eigenvalue weighted by Crippen LogP contribution is -2.31. The molecule has 0 amide bonds. The van der Waals surface area contributed by atoms with Crippen molar-refractivity contribution in [3.63, 3.8) is 0 Å². The van der Waals surface area contributed by atoms with Crippen LogP contribution in [0.3, 0.4) is 0 Å². The molecule has 92 valence electrons. The van der Waals surface area contributed by atoms with Gasteiger partial charge in [-0.25, -0.2) is 0 Å². The molecule has 2 unspecified atom stereocenters.